The molecular weight excluding hydrogens is 488 g/mol. The Labute approximate surface area is 217 Å². The van der Waals surface area contributed by atoms with Crippen molar-refractivity contribution in [2.45, 2.75) is 17.9 Å². The molecule has 1 aliphatic rings. The van der Waals surface area contributed by atoms with Crippen molar-refractivity contribution in [2.24, 2.45) is 4.99 Å². The highest BCUT2D eigenvalue weighted by Gasteiger charge is 2.35. The molecule has 5 rings (SSSR count). The van der Waals surface area contributed by atoms with E-state index in [0.29, 0.717) is 20.6 Å². The average molecular weight is 513 g/mol. The van der Waals surface area contributed by atoms with Gasteiger partial charge in [-0.3, -0.25) is 9.36 Å². The molecule has 0 saturated carbocycles. The van der Waals surface area contributed by atoms with E-state index < -0.39 is 12.0 Å². The van der Waals surface area contributed by atoms with Gasteiger partial charge in [-0.15, -0.1) is 11.8 Å². The third kappa shape index (κ3) is 4.59. The monoisotopic (exact) mass is 512 g/mol. The van der Waals surface area contributed by atoms with Crippen LogP contribution in [-0.4, -0.2) is 23.4 Å². The molecule has 2 heterocycles. The van der Waals surface area contributed by atoms with Crippen LogP contribution < -0.4 is 14.9 Å². The van der Waals surface area contributed by atoms with Gasteiger partial charge in [0.15, 0.2) is 4.80 Å². The zero-order valence-corrected chi connectivity index (χ0v) is 21.5. The van der Waals surface area contributed by atoms with Crippen LogP contribution in [-0.2, 0) is 9.53 Å². The number of esters is 1. The maximum Gasteiger partial charge on any atom is 0.338 e. The summed E-state index contributed by atoms with van der Waals surface area (Å²) in [5.41, 5.74) is 3.25. The van der Waals surface area contributed by atoms with Crippen LogP contribution in [0.15, 0.2) is 105 Å². The first-order valence-corrected chi connectivity index (χ1v) is 13.6. The van der Waals surface area contributed by atoms with Gasteiger partial charge in [0.05, 0.1) is 28.5 Å². The zero-order valence-electron chi connectivity index (χ0n) is 19.9. The number of ether oxygens (including phenoxy) is 1. The molecule has 0 radical (unpaired) electrons. The van der Waals surface area contributed by atoms with Crippen molar-refractivity contribution in [1.82, 2.24) is 4.57 Å². The normalized spacial score (nSPS) is 15.4. The number of benzene rings is 3. The number of hydrogen-bond donors (Lipinski definition) is 0. The molecule has 0 spiro atoms. The van der Waals surface area contributed by atoms with Gasteiger partial charge in [-0.1, -0.05) is 84.1 Å². The van der Waals surface area contributed by atoms with E-state index in [0.717, 1.165) is 21.6 Å². The highest BCUT2D eigenvalue weighted by atomic mass is 32.2. The molecule has 1 atom stereocenters. The lowest BCUT2D eigenvalue weighted by Crippen LogP contribution is -2.39. The van der Waals surface area contributed by atoms with Crippen LogP contribution in [0, 0.1) is 0 Å². The van der Waals surface area contributed by atoms with Crippen molar-refractivity contribution >= 4 is 40.8 Å². The van der Waals surface area contributed by atoms with Crippen molar-refractivity contribution in [1.29, 1.82) is 0 Å². The molecule has 0 amide bonds. The van der Waals surface area contributed by atoms with Gasteiger partial charge in [0.25, 0.3) is 5.56 Å². The maximum absolute atomic E-state index is 13.8. The average Bonchev–Trinajstić information content (AvgIpc) is 3.23. The SMILES string of the molecule is CCOC(=O)C1=C(c2ccccc2)N=c2s/c(=C/c3ccc(SC)cc3)c(=O)n2C1c1ccccc1. The summed E-state index contributed by atoms with van der Waals surface area (Å²) in [6, 6.07) is 26.6. The molecule has 0 bridgehead atoms. The fraction of sp³-hybridized carbons (Fsp3) is 0.138. The smallest absolute Gasteiger partial charge is 0.338 e. The van der Waals surface area contributed by atoms with E-state index in [-0.39, 0.29) is 12.2 Å². The number of fused-ring (bicyclic) bond motifs is 1. The van der Waals surface area contributed by atoms with Crippen molar-refractivity contribution in [3.63, 3.8) is 0 Å². The van der Waals surface area contributed by atoms with Gasteiger partial charge in [-0.2, -0.15) is 0 Å². The largest absolute Gasteiger partial charge is 0.463 e. The number of carbonyl (C=O) groups is 1. The molecule has 1 aromatic heterocycles. The van der Waals surface area contributed by atoms with Crippen molar-refractivity contribution in [3.05, 3.63) is 127 Å². The van der Waals surface area contributed by atoms with Gasteiger partial charge in [0, 0.05) is 10.5 Å². The number of thioether (sulfide) groups is 1. The summed E-state index contributed by atoms with van der Waals surface area (Å²) < 4.78 is 7.67. The Morgan fingerprint density at radius 1 is 1.03 bits per heavy atom. The maximum atomic E-state index is 13.8. The van der Waals surface area contributed by atoms with Crippen molar-refractivity contribution in [3.8, 4) is 0 Å². The topological polar surface area (TPSA) is 60.7 Å². The lowest BCUT2D eigenvalue weighted by molar-refractivity contribution is -0.138. The summed E-state index contributed by atoms with van der Waals surface area (Å²) in [6.45, 7) is 2.00. The summed E-state index contributed by atoms with van der Waals surface area (Å²) in [6.07, 6.45) is 3.91. The van der Waals surface area contributed by atoms with Crippen LogP contribution in [0.25, 0.3) is 11.8 Å². The van der Waals surface area contributed by atoms with Crippen LogP contribution in [0.1, 0.15) is 29.7 Å². The Kier molecular flexibility index (Phi) is 7.02. The Bertz CT molecular complexity index is 1600. The van der Waals surface area contributed by atoms with E-state index in [4.69, 9.17) is 9.73 Å². The molecule has 180 valence electrons. The minimum absolute atomic E-state index is 0.185. The minimum atomic E-state index is -0.655. The zero-order chi connectivity index (χ0) is 25.1. The summed E-state index contributed by atoms with van der Waals surface area (Å²) in [5.74, 6) is -0.476. The van der Waals surface area contributed by atoms with E-state index in [9.17, 15) is 9.59 Å². The Balaban J connectivity index is 1.79. The minimum Gasteiger partial charge on any atom is -0.463 e. The van der Waals surface area contributed by atoms with Crippen LogP contribution in [0.4, 0.5) is 0 Å². The summed E-state index contributed by atoms with van der Waals surface area (Å²) >= 11 is 3.00. The molecule has 0 aliphatic carbocycles. The highest BCUT2D eigenvalue weighted by molar-refractivity contribution is 7.98. The van der Waals surface area contributed by atoms with Crippen LogP contribution in [0.2, 0.25) is 0 Å². The summed E-state index contributed by atoms with van der Waals surface area (Å²) in [5, 5.41) is 0. The van der Waals surface area contributed by atoms with Gasteiger partial charge in [0.2, 0.25) is 0 Å². The predicted molar refractivity (Wildman–Crippen MR) is 146 cm³/mol. The van der Waals surface area contributed by atoms with E-state index in [2.05, 4.69) is 0 Å². The van der Waals surface area contributed by atoms with Gasteiger partial charge in [-0.05, 0) is 42.5 Å². The van der Waals surface area contributed by atoms with Crippen LogP contribution >= 0.6 is 23.1 Å². The molecule has 3 aromatic carbocycles. The molecular formula is C29H24N2O3S2. The summed E-state index contributed by atoms with van der Waals surface area (Å²) in [4.78, 5) is 33.7. The van der Waals surface area contributed by atoms with Gasteiger partial charge >= 0.3 is 5.97 Å². The molecule has 5 nitrogen and oxygen atoms in total. The first kappa shape index (κ1) is 24.0. The number of hydrogen-bond acceptors (Lipinski definition) is 6. The quantitative estimate of drug-likeness (QED) is 0.279. The van der Waals surface area contributed by atoms with Crippen molar-refractivity contribution < 1.29 is 9.53 Å². The van der Waals surface area contributed by atoms with Crippen molar-refractivity contribution in [2.75, 3.05) is 12.9 Å². The molecule has 7 heteroatoms. The molecule has 36 heavy (non-hydrogen) atoms. The molecule has 1 aliphatic heterocycles. The number of thiazole rings is 1. The molecule has 4 aromatic rings. The Morgan fingerprint density at radius 2 is 1.69 bits per heavy atom. The Morgan fingerprint density at radius 3 is 2.33 bits per heavy atom. The second kappa shape index (κ2) is 10.5. The first-order chi connectivity index (χ1) is 17.6. The lowest BCUT2D eigenvalue weighted by Gasteiger charge is -2.25. The molecule has 0 N–H and O–H groups in total. The van der Waals surface area contributed by atoms with Gasteiger partial charge in [-0.25, -0.2) is 9.79 Å². The Hall–Kier alpha value is -3.68. The predicted octanol–water partition coefficient (Wildman–Crippen LogP) is 4.66. The van der Waals surface area contributed by atoms with Gasteiger partial charge in [0.1, 0.15) is 0 Å². The molecule has 0 saturated heterocycles. The van der Waals surface area contributed by atoms with Crippen LogP contribution in [0.5, 0.6) is 0 Å². The lowest BCUT2D eigenvalue weighted by atomic mass is 9.93. The molecule has 0 fully saturated rings. The third-order valence-corrected chi connectivity index (χ3v) is 7.63. The molecule has 1 unspecified atom stereocenters. The van der Waals surface area contributed by atoms with E-state index in [1.54, 1.807) is 23.3 Å². The second-order valence-corrected chi connectivity index (χ2v) is 10.0. The second-order valence-electron chi connectivity index (χ2n) is 8.12. The van der Waals surface area contributed by atoms with E-state index >= 15 is 0 Å². The fourth-order valence-electron chi connectivity index (χ4n) is 4.24. The van der Waals surface area contributed by atoms with E-state index in [1.807, 2.05) is 97.3 Å². The van der Waals surface area contributed by atoms with Gasteiger partial charge < -0.3 is 4.74 Å². The number of carbonyl (C=O) groups excluding carboxylic acids is 1. The van der Waals surface area contributed by atoms with Crippen LogP contribution in [0.3, 0.4) is 0 Å². The summed E-state index contributed by atoms with van der Waals surface area (Å²) in [7, 11) is 0. The number of rotatable bonds is 6. The number of aromatic nitrogens is 1. The number of nitrogens with zero attached hydrogens (tertiary/aromatic N) is 2. The fourth-order valence-corrected chi connectivity index (χ4v) is 5.65. The standard InChI is InChI=1S/C29H24N2O3S2/c1-3-34-28(33)24-25(20-10-6-4-7-11-20)30-29-31(26(24)21-12-8-5-9-13-21)27(32)23(36-29)18-19-14-16-22(35-2)17-15-19/h4-18,26H,3H2,1-2H3/b23-18+. The van der Waals surface area contributed by atoms with E-state index in [1.165, 1.54) is 11.3 Å². The third-order valence-electron chi connectivity index (χ3n) is 5.90. The first-order valence-electron chi connectivity index (χ1n) is 11.6. The highest BCUT2D eigenvalue weighted by Crippen LogP contribution is 2.35.